The number of phenolic OH excluding ortho intramolecular Hbond substituents is 1. The van der Waals surface area contributed by atoms with Gasteiger partial charge in [-0.15, -0.1) is 0 Å². The highest BCUT2D eigenvalue weighted by Gasteiger charge is 2.10. The summed E-state index contributed by atoms with van der Waals surface area (Å²) in [4.78, 5) is 0. The molecule has 0 aliphatic rings. The van der Waals surface area contributed by atoms with Crippen molar-refractivity contribution < 1.29 is 9.84 Å². The molecule has 2 nitrogen and oxygen atoms in total. The molecule has 0 saturated heterocycles. The Balaban J connectivity index is 3.08. The molecule has 0 saturated carbocycles. The van der Waals surface area contributed by atoms with Crippen molar-refractivity contribution in [1.82, 2.24) is 0 Å². The Bertz CT molecular complexity index is 329. The van der Waals surface area contributed by atoms with Crippen LogP contribution in [0.4, 0.5) is 0 Å². The van der Waals surface area contributed by atoms with Crippen LogP contribution in [-0.2, 0) is 0 Å². The number of para-hydroxylation sites is 1. The van der Waals surface area contributed by atoms with Crippen molar-refractivity contribution in [3.05, 3.63) is 35.9 Å². The zero-order valence-corrected chi connectivity index (χ0v) is 8.82. The molecule has 0 fully saturated rings. The van der Waals surface area contributed by atoms with Crippen LogP contribution in [0.25, 0.3) is 0 Å². The van der Waals surface area contributed by atoms with E-state index in [-0.39, 0.29) is 11.7 Å². The zero-order valence-electron chi connectivity index (χ0n) is 8.82. The van der Waals surface area contributed by atoms with E-state index in [2.05, 4.69) is 0 Å². The summed E-state index contributed by atoms with van der Waals surface area (Å²) in [5.74, 6) is 0.967. The van der Waals surface area contributed by atoms with Crippen molar-refractivity contribution in [3.63, 3.8) is 0 Å². The molecule has 0 aliphatic heterocycles. The van der Waals surface area contributed by atoms with Crippen molar-refractivity contribution in [2.45, 2.75) is 19.8 Å². The molecule has 0 amide bonds. The maximum Gasteiger partial charge on any atom is 0.161 e. The van der Waals surface area contributed by atoms with Gasteiger partial charge in [0, 0.05) is 11.5 Å². The lowest BCUT2D eigenvalue weighted by molar-refractivity contribution is 0.370. The van der Waals surface area contributed by atoms with Gasteiger partial charge in [0.2, 0.25) is 0 Å². The second kappa shape index (κ2) is 4.70. The Morgan fingerprint density at radius 3 is 2.71 bits per heavy atom. The third kappa shape index (κ3) is 2.08. The van der Waals surface area contributed by atoms with Crippen molar-refractivity contribution in [1.29, 1.82) is 0 Å². The Morgan fingerprint density at radius 1 is 1.43 bits per heavy atom. The fourth-order valence-corrected chi connectivity index (χ4v) is 1.46. The van der Waals surface area contributed by atoms with Crippen molar-refractivity contribution in [3.8, 4) is 11.5 Å². The first-order chi connectivity index (χ1) is 6.70. The number of hydrogen-bond acceptors (Lipinski definition) is 2. The van der Waals surface area contributed by atoms with Gasteiger partial charge in [-0.05, 0) is 13.0 Å². The lowest BCUT2D eigenvalue weighted by Gasteiger charge is -2.11. The minimum atomic E-state index is 0.204. The first-order valence-corrected chi connectivity index (χ1v) is 4.69. The highest BCUT2D eigenvalue weighted by molar-refractivity contribution is 5.47. The van der Waals surface area contributed by atoms with Crippen LogP contribution in [-0.4, -0.2) is 12.2 Å². The van der Waals surface area contributed by atoms with E-state index >= 15 is 0 Å². The number of allylic oxidation sites excluding steroid dienone is 2. The van der Waals surface area contributed by atoms with Crippen molar-refractivity contribution in [2.24, 2.45) is 0 Å². The average molecular weight is 192 g/mol. The number of hydrogen-bond donors (Lipinski definition) is 1. The highest BCUT2D eigenvalue weighted by Crippen LogP contribution is 2.34. The maximum atomic E-state index is 9.83. The Kier molecular flexibility index (Phi) is 3.57. The molecule has 1 unspecified atom stereocenters. The summed E-state index contributed by atoms with van der Waals surface area (Å²) in [6.45, 7) is 4.00. The summed E-state index contributed by atoms with van der Waals surface area (Å²) >= 11 is 0. The van der Waals surface area contributed by atoms with Crippen molar-refractivity contribution >= 4 is 0 Å². The van der Waals surface area contributed by atoms with Gasteiger partial charge >= 0.3 is 0 Å². The molecule has 1 aromatic rings. The number of aromatic hydroxyl groups is 1. The molecule has 0 aromatic heterocycles. The van der Waals surface area contributed by atoms with E-state index in [1.54, 1.807) is 13.2 Å². The fraction of sp³-hybridized carbons (Fsp3) is 0.333. The standard InChI is InChI=1S/C12H16O2/c1-4-6-9(2)10-7-5-8-11(14-3)12(10)13/h4-9,13H,1-3H3/b6-4+. The van der Waals surface area contributed by atoms with Gasteiger partial charge < -0.3 is 9.84 Å². The molecule has 76 valence electrons. The van der Waals surface area contributed by atoms with Crippen LogP contribution in [0.5, 0.6) is 11.5 Å². The largest absolute Gasteiger partial charge is 0.504 e. The van der Waals surface area contributed by atoms with Gasteiger partial charge in [0.15, 0.2) is 11.5 Å². The predicted octanol–water partition coefficient (Wildman–Crippen LogP) is 3.08. The van der Waals surface area contributed by atoms with Gasteiger partial charge in [-0.3, -0.25) is 0 Å². The number of rotatable bonds is 3. The minimum absolute atomic E-state index is 0.204. The average Bonchev–Trinajstić information content (AvgIpc) is 2.18. The molecule has 14 heavy (non-hydrogen) atoms. The van der Waals surface area contributed by atoms with Crippen LogP contribution < -0.4 is 4.74 Å². The molecule has 1 atom stereocenters. The molecule has 0 bridgehead atoms. The lowest BCUT2D eigenvalue weighted by Crippen LogP contribution is -1.92. The van der Waals surface area contributed by atoms with Gasteiger partial charge in [-0.2, -0.15) is 0 Å². The first-order valence-electron chi connectivity index (χ1n) is 4.69. The van der Waals surface area contributed by atoms with E-state index in [0.717, 1.165) is 5.56 Å². The lowest BCUT2D eigenvalue weighted by atomic mass is 9.99. The Labute approximate surface area is 84.8 Å². The zero-order chi connectivity index (χ0) is 10.6. The first kappa shape index (κ1) is 10.6. The summed E-state index contributed by atoms with van der Waals surface area (Å²) in [5.41, 5.74) is 0.891. The van der Waals surface area contributed by atoms with Gasteiger partial charge in [-0.25, -0.2) is 0 Å². The summed E-state index contributed by atoms with van der Waals surface area (Å²) in [7, 11) is 1.55. The van der Waals surface area contributed by atoms with E-state index in [9.17, 15) is 5.11 Å². The van der Waals surface area contributed by atoms with E-state index in [4.69, 9.17) is 4.74 Å². The number of benzene rings is 1. The SMILES string of the molecule is C/C=C/C(C)c1cccc(OC)c1O. The van der Waals surface area contributed by atoms with Crippen LogP contribution in [0.2, 0.25) is 0 Å². The molecule has 0 aliphatic carbocycles. The number of methoxy groups -OCH3 is 1. The maximum absolute atomic E-state index is 9.83. The molecule has 2 heteroatoms. The van der Waals surface area contributed by atoms with E-state index in [1.807, 2.05) is 38.1 Å². The predicted molar refractivity (Wildman–Crippen MR) is 57.9 cm³/mol. The van der Waals surface area contributed by atoms with Gasteiger partial charge in [0.05, 0.1) is 7.11 Å². The topological polar surface area (TPSA) is 29.5 Å². The number of ether oxygens (including phenoxy) is 1. The van der Waals surface area contributed by atoms with Crippen molar-refractivity contribution in [2.75, 3.05) is 7.11 Å². The van der Waals surface area contributed by atoms with Crippen LogP contribution in [0.15, 0.2) is 30.4 Å². The monoisotopic (exact) mass is 192 g/mol. The normalized spacial score (nSPS) is 13.1. The van der Waals surface area contributed by atoms with Crippen LogP contribution in [0.3, 0.4) is 0 Å². The summed E-state index contributed by atoms with van der Waals surface area (Å²) in [5, 5.41) is 9.83. The number of phenols is 1. The molecule has 0 radical (unpaired) electrons. The third-order valence-corrected chi connectivity index (χ3v) is 2.22. The highest BCUT2D eigenvalue weighted by atomic mass is 16.5. The van der Waals surface area contributed by atoms with E-state index < -0.39 is 0 Å². The Hall–Kier alpha value is -1.44. The Morgan fingerprint density at radius 2 is 2.14 bits per heavy atom. The van der Waals surface area contributed by atoms with E-state index in [0.29, 0.717) is 5.75 Å². The summed E-state index contributed by atoms with van der Waals surface area (Å²) in [6, 6.07) is 5.54. The second-order valence-electron chi connectivity index (χ2n) is 3.21. The summed E-state index contributed by atoms with van der Waals surface area (Å²) in [6.07, 6.45) is 4.01. The van der Waals surface area contributed by atoms with Crippen LogP contribution >= 0.6 is 0 Å². The second-order valence-corrected chi connectivity index (χ2v) is 3.21. The molecular weight excluding hydrogens is 176 g/mol. The molecular formula is C12H16O2. The van der Waals surface area contributed by atoms with Crippen LogP contribution in [0.1, 0.15) is 25.3 Å². The van der Waals surface area contributed by atoms with Crippen LogP contribution in [0, 0.1) is 0 Å². The van der Waals surface area contributed by atoms with Gasteiger partial charge in [-0.1, -0.05) is 31.2 Å². The molecule has 1 rings (SSSR count). The molecule has 0 spiro atoms. The third-order valence-electron chi connectivity index (χ3n) is 2.22. The van der Waals surface area contributed by atoms with Gasteiger partial charge in [0.1, 0.15) is 0 Å². The molecule has 1 N–H and O–H groups in total. The quantitative estimate of drug-likeness (QED) is 0.746. The molecule has 1 aromatic carbocycles. The minimum Gasteiger partial charge on any atom is -0.504 e. The van der Waals surface area contributed by atoms with E-state index in [1.165, 1.54) is 0 Å². The van der Waals surface area contributed by atoms with Gasteiger partial charge in [0.25, 0.3) is 0 Å². The fourth-order valence-electron chi connectivity index (χ4n) is 1.46. The molecule has 0 heterocycles. The smallest absolute Gasteiger partial charge is 0.161 e. The summed E-state index contributed by atoms with van der Waals surface area (Å²) < 4.78 is 5.04.